The second kappa shape index (κ2) is 4.81. The molecule has 2 aromatic rings. The predicted molar refractivity (Wildman–Crippen MR) is 59.3 cm³/mol. The summed E-state index contributed by atoms with van der Waals surface area (Å²) < 4.78 is 13.5. The minimum Gasteiger partial charge on any atom is -0.285 e. The van der Waals surface area contributed by atoms with Crippen LogP contribution in [0.2, 0.25) is 0 Å². The number of benzene rings is 1. The highest BCUT2D eigenvalue weighted by atomic mass is 32.2. The highest BCUT2D eigenvalue weighted by Crippen LogP contribution is 2.22. The van der Waals surface area contributed by atoms with Gasteiger partial charge in [-0.3, -0.25) is 5.10 Å². The predicted octanol–water partition coefficient (Wildman–Crippen LogP) is 2.71. The van der Waals surface area contributed by atoms with Gasteiger partial charge in [0, 0.05) is 11.9 Å². The van der Waals surface area contributed by atoms with Gasteiger partial charge in [0.05, 0.1) is 11.6 Å². The number of halogens is 1. The van der Waals surface area contributed by atoms with Crippen LogP contribution in [0.15, 0.2) is 35.5 Å². The lowest BCUT2D eigenvalue weighted by molar-refractivity contribution is 0.617. The van der Waals surface area contributed by atoms with Gasteiger partial charge >= 0.3 is 0 Å². The van der Waals surface area contributed by atoms with Crippen molar-refractivity contribution >= 4 is 11.8 Å². The smallest absolute Gasteiger partial charge is 0.128 e. The van der Waals surface area contributed by atoms with E-state index in [2.05, 4.69) is 10.2 Å². The van der Waals surface area contributed by atoms with Crippen molar-refractivity contribution in [1.82, 2.24) is 10.2 Å². The molecule has 1 aromatic carbocycles. The van der Waals surface area contributed by atoms with Gasteiger partial charge in [0.2, 0.25) is 0 Å². The van der Waals surface area contributed by atoms with Gasteiger partial charge < -0.3 is 0 Å². The van der Waals surface area contributed by atoms with Gasteiger partial charge in [0.1, 0.15) is 10.8 Å². The molecule has 5 heteroatoms. The maximum absolute atomic E-state index is 13.5. The number of H-pyrrole nitrogens is 1. The van der Waals surface area contributed by atoms with E-state index in [1.54, 1.807) is 18.3 Å². The van der Waals surface area contributed by atoms with Gasteiger partial charge in [-0.15, -0.1) is 0 Å². The molecule has 3 nitrogen and oxygen atoms in total. The zero-order valence-electron chi connectivity index (χ0n) is 8.27. The van der Waals surface area contributed by atoms with Gasteiger partial charge in [0.25, 0.3) is 0 Å². The second-order valence-electron chi connectivity index (χ2n) is 3.12. The van der Waals surface area contributed by atoms with E-state index in [0.29, 0.717) is 16.9 Å². The number of rotatable bonds is 3. The lowest BCUT2D eigenvalue weighted by Crippen LogP contribution is -1.89. The second-order valence-corrected chi connectivity index (χ2v) is 4.11. The van der Waals surface area contributed by atoms with Crippen molar-refractivity contribution in [3.63, 3.8) is 0 Å². The third-order valence-corrected chi connectivity index (χ3v) is 3.01. The number of nitrogens with one attached hydrogen (secondary N) is 1. The van der Waals surface area contributed by atoms with Crippen LogP contribution in [0.5, 0.6) is 0 Å². The minimum absolute atomic E-state index is 0.339. The van der Waals surface area contributed by atoms with Crippen LogP contribution in [0.3, 0.4) is 0 Å². The topological polar surface area (TPSA) is 52.5 Å². The monoisotopic (exact) mass is 233 g/mol. The van der Waals surface area contributed by atoms with E-state index >= 15 is 0 Å². The first-order valence-corrected chi connectivity index (χ1v) is 5.59. The van der Waals surface area contributed by atoms with E-state index in [4.69, 9.17) is 5.26 Å². The lowest BCUT2D eigenvalue weighted by Gasteiger charge is -2.01. The van der Waals surface area contributed by atoms with E-state index in [-0.39, 0.29) is 5.82 Å². The van der Waals surface area contributed by atoms with Crippen LogP contribution in [-0.4, -0.2) is 10.2 Å². The number of aromatic amines is 1. The number of aromatic nitrogens is 2. The molecule has 0 radical (unpaired) electrons. The fourth-order valence-electron chi connectivity index (χ4n) is 1.21. The van der Waals surface area contributed by atoms with E-state index in [1.807, 2.05) is 12.1 Å². The van der Waals surface area contributed by atoms with Crippen molar-refractivity contribution in [3.8, 4) is 6.07 Å². The van der Waals surface area contributed by atoms with E-state index in [0.717, 1.165) is 5.03 Å². The Hall–Kier alpha value is -1.80. The van der Waals surface area contributed by atoms with Crippen LogP contribution in [-0.2, 0) is 5.75 Å². The Kier molecular flexibility index (Phi) is 3.22. The molecule has 0 bridgehead atoms. The summed E-state index contributed by atoms with van der Waals surface area (Å²) in [7, 11) is 0. The minimum atomic E-state index is -0.345. The first-order valence-electron chi connectivity index (χ1n) is 4.60. The summed E-state index contributed by atoms with van der Waals surface area (Å²) in [6.07, 6.45) is 1.72. The van der Waals surface area contributed by atoms with Crippen LogP contribution >= 0.6 is 11.8 Å². The Balaban J connectivity index is 2.08. The van der Waals surface area contributed by atoms with Crippen LogP contribution in [0.4, 0.5) is 4.39 Å². The average molecular weight is 233 g/mol. The van der Waals surface area contributed by atoms with Crippen LogP contribution < -0.4 is 0 Å². The third kappa shape index (κ3) is 2.41. The average Bonchev–Trinajstić information content (AvgIpc) is 2.80. The molecule has 0 saturated heterocycles. The standard InChI is InChI=1S/C11H8FN3S/c12-10-5-8(6-13)1-2-9(10)7-16-11-3-4-14-15-11/h1-5H,7H2,(H,14,15). The molecule has 0 aliphatic carbocycles. The molecule has 0 atom stereocenters. The quantitative estimate of drug-likeness (QED) is 0.829. The molecule has 1 aromatic heterocycles. The normalized spacial score (nSPS) is 10.0. The fourth-order valence-corrected chi connectivity index (χ4v) is 2.03. The molecule has 1 heterocycles. The molecule has 80 valence electrons. The van der Waals surface area contributed by atoms with Gasteiger partial charge in [0.15, 0.2) is 0 Å². The zero-order chi connectivity index (χ0) is 11.4. The summed E-state index contributed by atoms with van der Waals surface area (Å²) >= 11 is 1.44. The van der Waals surface area contributed by atoms with Gasteiger partial charge in [-0.05, 0) is 23.8 Å². The Bertz CT molecular complexity index is 517. The van der Waals surface area contributed by atoms with Crippen molar-refractivity contribution in [2.24, 2.45) is 0 Å². The summed E-state index contributed by atoms with van der Waals surface area (Å²) in [6, 6.07) is 8.22. The SMILES string of the molecule is N#Cc1ccc(CSc2cc[nH]n2)c(F)c1. The molecule has 0 amide bonds. The third-order valence-electron chi connectivity index (χ3n) is 2.03. The Morgan fingerprint density at radius 1 is 1.44 bits per heavy atom. The largest absolute Gasteiger partial charge is 0.285 e. The zero-order valence-corrected chi connectivity index (χ0v) is 9.09. The molecular weight excluding hydrogens is 225 g/mol. The van der Waals surface area contributed by atoms with Crippen molar-refractivity contribution in [2.45, 2.75) is 10.8 Å². The highest BCUT2D eigenvalue weighted by Gasteiger charge is 2.05. The number of hydrogen-bond donors (Lipinski definition) is 1. The molecule has 2 rings (SSSR count). The number of thioether (sulfide) groups is 1. The van der Waals surface area contributed by atoms with Crippen molar-refractivity contribution < 1.29 is 4.39 Å². The first kappa shape index (κ1) is 10.7. The molecule has 0 saturated carbocycles. The van der Waals surface area contributed by atoms with E-state index in [9.17, 15) is 4.39 Å². The molecule has 0 unspecified atom stereocenters. The van der Waals surface area contributed by atoms with Crippen molar-refractivity contribution in [2.75, 3.05) is 0 Å². The maximum atomic E-state index is 13.5. The lowest BCUT2D eigenvalue weighted by atomic mass is 10.1. The molecule has 0 fully saturated rings. The van der Waals surface area contributed by atoms with Crippen molar-refractivity contribution in [3.05, 3.63) is 47.4 Å². The Morgan fingerprint density at radius 2 is 2.31 bits per heavy atom. The van der Waals surface area contributed by atoms with E-state index in [1.165, 1.54) is 17.8 Å². The Morgan fingerprint density at radius 3 is 2.94 bits per heavy atom. The first-order chi connectivity index (χ1) is 7.79. The highest BCUT2D eigenvalue weighted by molar-refractivity contribution is 7.98. The molecular formula is C11H8FN3S. The fraction of sp³-hybridized carbons (Fsp3) is 0.0909. The van der Waals surface area contributed by atoms with Crippen LogP contribution in [0.25, 0.3) is 0 Å². The molecule has 0 spiro atoms. The number of nitrogens with zero attached hydrogens (tertiary/aromatic N) is 2. The van der Waals surface area contributed by atoms with Gasteiger partial charge in [-0.2, -0.15) is 10.4 Å². The summed E-state index contributed by atoms with van der Waals surface area (Å²) in [6.45, 7) is 0. The molecule has 1 N–H and O–H groups in total. The summed E-state index contributed by atoms with van der Waals surface area (Å²) in [5.41, 5.74) is 0.915. The van der Waals surface area contributed by atoms with Gasteiger partial charge in [-0.25, -0.2) is 4.39 Å². The molecule has 0 aliphatic heterocycles. The summed E-state index contributed by atoms with van der Waals surface area (Å²) in [4.78, 5) is 0. The van der Waals surface area contributed by atoms with Crippen LogP contribution in [0, 0.1) is 17.1 Å². The van der Waals surface area contributed by atoms with Gasteiger partial charge in [-0.1, -0.05) is 17.8 Å². The number of nitriles is 1. The number of hydrogen-bond acceptors (Lipinski definition) is 3. The van der Waals surface area contributed by atoms with Crippen molar-refractivity contribution in [1.29, 1.82) is 5.26 Å². The summed E-state index contributed by atoms with van der Waals surface area (Å²) in [5, 5.41) is 16.1. The summed E-state index contributed by atoms with van der Waals surface area (Å²) in [5.74, 6) is 0.157. The maximum Gasteiger partial charge on any atom is 0.128 e. The van der Waals surface area contributed by atoms with Crippen LogP contribution in [0.1, 0.15) is 11.1 Å². The Labute approximate surface area is 96.3 Å². The van der Waals surface area contributed by atoms with E-state index < -0.39 is 0 Å². The molecule has 16 heavy (non-hydrogen) atoms. The molecule has 0 aliphatic rings.